The number of carbonyl (C=O) groups excluding carboxylic acids is 1. The highest BCUT2D eigenvalue weighted by Crippen LogP contribution is 2.28. The molecule has 1 aromatic rings. The quantitative estimate of drug-likeness (QED) is 0.639. The maximum absolute atomic E-state index is 12.0. The van der Waals surface area contributed by atoms with Crippen LogP contribution in [0.1, 0.15) is 48.9 Å². The van der Waals surface area contributed by atoms with Crippen LogP contribution in [0.15, 0.2) is 18.2 Å². The number of rotatable bonds is 5. The number of carbonyl (C=O) groups is 1. The van der Waals surface area contributed by atoms with E-state index in [0.29, 0.717) is 22.8 Å². The summed E-state index contributed by atoms with van der Waals surface area (Å²) < 4.78 is 0. The van der Waals surface area contributed by atoms with E-state index < -0.39 is 0 Å². The standard InChI is InChI=1S/C15H21ClN2O/c16-12-8-3-9-13(17)14(12)15(19)18-10-4-7-11-5-1-2-6-11/h3,8-9,11H,1-2,4-7,10,17H2,(H,18,19). The molecule has 1 aliphatic rings. The third-order valence-corrected chi connectivity index (χ3v) is 4.14. The van der Waals surface area contributed by atoms with Gasteiger partial charge in [-0.2, -0.15) is 0 Å². The number of nitrogen functional groups attached to an aromatic ring is 1. The van der Waals surface area contributed by atoms with E-state index in [1.807, 2.05) is 0 Å². The Bertz CT molecular complexity index is 422. The Morgan fingerprint density at radius 3 is 2.79 bits per heavy atom. The number of hydrogen-bond acceptors (Lipinski definition) is 2. The summed E-state index contributed by atoms with van der Waals surface area (Å²) in [5.74, 6) is 0.691. The van der Waals surface area contributed by atoms with Crippen molar-refractivity contribution in [2.24, 2.45) is 5.92 Å². The Kier molecular flexibility index (Phi) is 5.08. The molecule has 1 amide bonds. The molecule has 0 atom stereocenters. The van der Waals surface area contributed by atoms with Gasteiger partial charge in [-0.15, -0.1) is 0 Å². The molecular weight excluding hydrogens is 260 g/mol. The van der Waals surface area contributed by atoms with Gasteiger partial charge in [0.25, 0.3) is 5.91 Å². The van der Waals surface area contributed by atoms with Crippen molar-refractivity contribution in [2.45, 2.75) is 38.5 Å². The first-order valence-electron chi connectivity index (χ1n) is 7.00. The van der Waals surface area contributed by atoms with Gasteiger partial charge in [-0.25, -0.2) is 0 Å². The number of nitrogens with one attached hydrogen (secondary N) is 1. The summed E-state index contributed by atoms with van der Waals surface area (Å²) in [4.78, 5) is 12.0. The van der Waals surface area contributed by atoms with E-state index in [2.05, 4.69) is 5.32 Å². The first-order chi connectivity index (χ1) is 9.18. The van der Waals surface area contributed by atoms with E-state index in [1.54, 1.807) is 18.2 Å². The Labute approximate surface area is 119 Å². The van der Waals surface area contributed by atoms with Crippen molar-refractivity contribution in [3.8, 4) is 0 Å². The molecule has 1 fully saturated rings. The van der Waals surface area contributed by atoms with E-state index in [-0.39, 0.29) is 5.91 Å². The second kappa shape index (κ2) is 6.80. The molecular formula is C15H21ClN2O. The minimum Gasteiger partial charge on any atom is -0.398 e. The molecule has 0 aliphatic heterocycles. The van der Waals surface area contributed by atoms with Crippen LogP contribution < -0.4 is 11.1 Å². The summed E-state index contributed by atoms with van der Waals surface area (Å²) in [5.41, 5.74) is 6.61. The van der Waals surface area contributed by atoms with Crippen LogP contribution in [0.5, 0.6) is 0 Å². The first kappa shape index (κ1) is 14.2. The van der Waals surface area contributed by atoms with E-state index in [0.717, 1.165) is 12.3 Å². The molecule has 0 aromatic heterocycles. The molecule has 3 N–H and O–H groups in total. The third kappa shape index (κ3) is 3.87. The van der Waals surface area contributed by atoms with Crippen LogP contribution in [0.3, 0.4) is 0 Å². The number of nitrogens with two attached hydrogens (primary N) is 1. The van der Waals surface area contributed by atoms with Crippen LogP contribution in [0, 0.1) is 5.92 Å². The molecule has 19 heavy (non-hydrogen) atoms. The van der Waals surface area contributed by atoms with Gasteiger partial charge >= 0.3 is 0 Å². The lowest BCUT2D eigenvalue weighted by Gasteiger charge is -2.11. The monoisotopic (exact) mass is 280 g/mol. The molecule has 0 spiro atoms. The van der Waals surface area contributed by atoms with Crippen LogP contribution in [0.4, 0.5) is 5.69 Å². The molecule has 3 nitrogen and oxygen atoms in total. The molecule has 0 unspecified atom stereocenters. The maximum atomic E-state index is 12.0. The molecule has 104 valence electrons. The van der Waals surface area contributed by atoms with Gasteiger partial charge in [-0.05, 0) is 30.9 Å². The maximum Gasteiger partial charge on any atom is 0.254 e. The Morgan fingerprint density at radius 1 is 1.37 bits per heavy atom. The van der Waals surface area contributed by atoms with Crippen LogP contribution in [0.2, 0.25) is 5.02 Å². The van der Waals surface area contributed by atoms with Crippen LogP contribution in [-0.4, -0.2) is 12.5 Å². The zero-order valence-corrected chi connectivity index (χ0v) is 11.9. The molecule has 0 heterocycles. The van der Waals surface area contributed by atoms with Gasteiger partial charge in [0, 0.05) is 12.2 Å². The van der Waals surface area contributed by atoms with E-state index in [4.69, 9.17) is 17.3 Å². The summed E-state index contributed by atoms with van der Waals surface area (Å²) >= 11 is 6.00. The van der Waals surface area contributed by atoms with E-state index in [9.17, 15) is 4.79 Å². The highest BCUT2D eigenvalue weighted by Gasteiger charge is 2.15. The number of anilines is 1. The number of hydrogen-bond donors (Lipinski definition) is 2. The molecule has 0 bridgehead atoms. The highest BCUT2D eigenvalue weighted by atomic mass is 35.5. The van der Waals surface area contributed by atoms with Gasteiger partial charge in [0.2, 0.25) is 0 Å². The van der Waals surface area contributed by atoms with Crippen molar-refractivity contribution >= 4 is 23.2 Å². The lowest BCUT2D eigenvalue weighted by Crippen LogP contribution is -2.26. The average molecular weight is 281 g/mol. The zero-order valence-electron chi connectivity index (χ0n) is 11.1. The van der Waals surface area contributed by atoms with Crippen molar-refractivity contribution in [3.05, 3.63) is 28.8 Å². The Hall–Kier alpha value is -1.22. The van der Waals surface area contributed by atoms with Crippen molar-refractivity contribution in [1.82, 2.24) is 5.32 Å². The highest BCUT2D eigenvalue weighted by molar-refractivity contribution is 6.34. The normalized spacial score (nSPS) is 15.6. The fraction of sp³-hybridized carbons (Fsp3) is 0.533. The van der Waals surface area contributed by atoms with E-state index >= 15 is 0 Å². The first-order valence-corrected chi connectivity index (χ1v) is 7.38. The van der Waals surface area contributed by atoms with Crippen molar-refractivity contribution in [1.29, 1.82) is 0 Å². The number of benzene rings is 1. The molecule has 1 aromatic carbocycles. The zero-order chi connectivity index (χ0) is 13.7. The largest absolute Gasteiger partial charge is 0.398 e. The SMILES string of the molecule is Nc1cccc(Cl)c1C(=O)NCCCC1CCCC1. The van der Waals surface area contributed by atoms with Crippen molar-refractivity contribution in [2.75, 3.05) is 12.3 Å². The van der Waals surface area contributed by atoms with Gasteiger partial charge in [0.15, 0.2) is 0 Å². The third-order valence-electron chi connectivity index (χ3n) is 3.82. The second-order valence-electron chi connectivity index (χ2n) is 5.25. The molecule has 1 saturated carbocycles. The topological polar surface area (TPSA) is 55.1 Å². The van der Waals surface area contributed by atoms with Crippen LogP contribution >= 0.6 is 11.6 Å². The molecule has 1 aliphatic carbocycles. The lowest BCUT2D eigenvalue weighted by atomic mass is 10.0. The summed E-state index contributed by atoms with van der Waals surface area (Å²) in [5, 5.41) is 3.31. The summed E-state index contributed by atoms with van der Waals surface area (Å²) in [6.45, 7) is 0.694. The molecule has 2 rings (SSSR count). The van der Waals surface area contributed by atoms with Gasteiger partial charge < -0.3 is 11.1 Å². The average Bonchev–Trinajstić information content (AvgIpc) is 2.87. The fourth-order valence-corrected chi connectivity index (χ4v) is 3.03. The minimum atomic E-state index is -0.172. The van der Waals surface area contributed by atoms with Gasteiger partial charge in [-0.3, -0.25) is 4.79 Å². The molecule has 0 saturated heterocycles. The van der Waals surface area contributed by atoms with Crippen LogP contribution in [-0.2, 0) is 0 Å². The molecule has 4 heteroatoms. The Balaban J connectivity index is 1.77. The van der Waals surface area contributed by atoms with Crippen LogP contribution in [0.25, 0.3) is 0 Å². The van der Waals surface area contributed by atoms with Gasteiger partial charge in [-0.1, -0.05) is 43.4 Å². The molecule has 0 radical (unpaired) electrons. The van der Waals surface area contributed by atoms with Gasteiger partial charge in [0.05, 0.1) is 10.6 Å². The summed E-state index contributed by atoms with van der Waals surface area (Å²) in [6, 6.07) is 5.12. The predicted octanol–water partition coefficient (Wildman–Crippen LogP) is 3.62. The summed E-state index contributed by atoms with van der Waals surface area (Å²) in [7, 11) is 0. The fourth-order valence-electron chi connectivity index (χ4n) is 2.76. The minimum absolute atomic E-state index is 0.172. The number of amides is 1. The lowest BCUT2D eigenvalue weighted by molar-refractivity contribution is 0.0953. The van der Waals surface area contributed by atoms with Gasteiger partial charge in [0.1, 0.15) is 0 Å². The number of halogens is 1. The van der Waals surface area contributed by atoms with E-state index in [1.165, 1.54) is 32.1 Å². The Morgan fingerprint density at radius 2 is 2.11 bits per heavy atom. The van der Waals surface area contributed by atoms with Crippen molar-refractivity contribution in [3.63, 3.8) is 0 Å². The van der Waals surface area contributed by atoms with Crippen molar-refractivity contribution < 1.29 is 4.79 Å². The second-order valence-corrected chi connectivity index (χ2v) is 5.66. The predicted molar refractivity (Wildman–Crippen MR) is 79.4 cm³/mol. The summed E-state index contributed by atoms with van der Waals surface area (Å²) in [6.07, 6.45) is 7.68. The smallest absolute Gasteiger partial charge is 0.254 e.